The largest absolute Gasteiger partial charge is 0.476 e. The summed E-state index contributed by atoms with van der Waals surface area (Å²) >= 11 is 0.977. The lowest BCUT2D eigenvalue weighted by Gasteiger charge is -2.42. The van der Waals surface area contributed by atoms with E-state index in [1.807, 2.05) is 26.2 Å². The summed E-state index contributed by atoms with van der Waals surface area (Å²) in [6.45, 7) is 30.2. The lowest BCUT2D eigenvalue weighted by molar-refractivity contribution is -0.194. The number of carbonyl (C=O) groups excluding carboxylic acids is 2. The van der Waals surface area contributed by atoms with E-state index < -0.39 is 57.2 Å². The number of anilines is 1. The Morgan fingerprint density at radius 1 is 0.822 bits per heavy atom. The summed E-state index contributed by atoms with van der Waals surface area (Å²) in [6, 6.07) is 0. The standard InChI is InChI=1S/C30H55N3O9SSi2/c1-26(2,3)40-23(36)30(18-38-44(13,14)28(7,8)9,19-39-45(15,16)29(10,11)12)42-33-21(22(34)35)20-17-43-24(31-20)32-25(37)41-27(4,5)6/h17H,18-19H2,1-16H3,(H,34,35)(H,31,32,37)/b33-21-. The highest BCUT2D eigenvalue weighted by Crippen LogP contribution is 2.40. The molecule has 258 valence electrons. The molecular formula is C30H55N3O9SSi2. The van der Waals surface area contributed by atoms with Crippen molar-refractivity contribution in [1.29, 1.82) is 0 Å². The first kappa shape index (κ1) is 40.7. The summed E-state index contributed by atoms with van der Waals surface area (Å²) in [6.07, 6.45) is -0.747. The zero-order chi connectivity index (χ0) is 35.4. The normalized spacial score (nSPS) is 14.2. The maximum absolute atomic E-state index is 14.0. The Morgan fingerprint density at radius 3 is 1.64 bits per heavy atom. The van der Waals surface area contributed by atoms with Crippen LogP contribution in [0.4, 0.5) is 9.93 Å². The van der Waals surface area contributed by atoms with Crippen LogP contribution >= 0.6 is 11.3 Å². The van der Waals surface area contributed by atoms with Crippen LogP contribution in [0.15, 0.2) is 10.5 Å². The lowest BCUT2D eigenvalue weighted by Crippen LogP contribution is -2.57. The number of aromatic nitrogens is 1. The lowest BCUT2D eigenvalue weighted by atomic mass is 10.1. The van der Waals surface area contributed by atoms with Gasteiger partial charge in [0.05, 0.1) is 13.2 Å². The first-order valence-electron chi connectivity index (χ1n) is 14.9. The number of aliphatic carboxylic acids is 1. The van der Waals surface area contributed by atoms with E-state index in [9.17, 15) is 19.5 Å². The zero-order valence-electron chi connectivity index (χ0n) is 30.0. The second kappa shape index (κ2) is 14.2. The number of carbonyl (C=O) groups is 3. The maximum Gasteiger partial charge on any atom is 0.413 e. The van der Waals surface area contributed by atoms with E-state index in [4.69, 9.17) is 23.2 Å². The van der Waals surface area contributed by atoms with E-state index in [1.54, 1.807) is 41.5 Å². The van der Waals surface area contributed by atoms with Crippen LogP contribution in [0.3, 0.4) is 0 Å². The topological polar surface area (TPSA) is 155 Å². The molecular weight excluding hydrogens is 635 g/mol. The predicted molar refractivity (Wildman–Crippen MR) is 182 cm³/mol. The molecule has 0 radical (unpaired) electrons. The minimum absolute atomic E-state index is 0.0905. The number of thiazole rings is 1. The third kappa shape index (κ3) is 12.4. The first-order chi connectivity index (χ1) is 19.9. The van der Waals surface area contributed by atoms with Gasteiger partial charge in [-0.25, -0.2) is 19.4 Å². The molecule has 2 N–H and O–H groups in total. The molecule has 0 saturated heterocycles. The fraction of sp³-hybridized carbons (Fsp3) is 0.767. The van der Waals surface area contributed by atoms with Gasteiger partial charge in [0.25, 0.3) is 5.60 Å². The Kier molecular flexibility index (Phi) is 12.8. The molecule has 1 amide bonds. The number of hydrogen-bond donors (Lipinski definition) is 2. The smallest absolute Gasteiger partial charge is 0.413 e. The first-order valence-corrected chi connectivity index (χ1v) is 21.6. The third-order valence-corrected chi connectivity index (χ3v) is 17.3. The van der Waals surface area contributed by atoms with Crippen molar-refractivity contribution in [3.63, 3.8) is 0 Å². The van der Waals surface area contributed by atoms with Gasteiger partial charge in [0.15, 0.2) is 21.8 Å². The number of amides is 1. The Hall–Kier alpha value is -2.34. The van der Waals surface area contributed by atoms with E-state index >= 15 is 0 Å². The predicted octanol–water partition coefficient (Wildman–Crippen LogP) is 7.42. The van der Waals surface area contributed by atoms with E-state index in [1.165, 1.54) is 5.38 Å². The van der Waals surface area contributed by atoms with Gasteiger partial charge in [-0.05, 0) is 77.8 Å². The van der Waals surface area contributed by atoms with Crippen molar-refractivity contribution in [1.82, 2.24) is 4.98 Å². The van der Waals surface area contributed by atoms with E-state index in [0.29, 0.717) is 0 Å². The monoisotopic (exact) mass is 689 g/mol. The molecule has 0 aliphatic rings. The number of esters is 1. The van der Waals surface area contributed by atoms with Crippen LogP contribution < -0.4 is 5.32 Å². The van der Waals surface area contributed by atoms with E-state index in [0.717, 1.165) is 11.3 Å². The molecule has 0 atom stereocenters. The summed E-state index contributed by atoms with van der Waals surface area (Å²) in [7, 11) is -4.92. The van der Waals surface area contributed by atoms with E-state index in [-0.39, 0.29) is 34.1 Å². The SMILES string of the molecule is CC(C)(C)OC(=O)Nc1nc(/C(=N/OC(CO[Si](C)(C)C(C)(C)C)(CO[Si](C)(C)C(C)(C)C)C(=O)OC(C)(C)C)C(=O)O)cs1. The van der Waals surface area contributed by atoms with Crippen LogP contribution in [-0.4, -0.2) is 80.5 Å². The fourth-order valence-corrected chi connectivity index (χ4v) is 5.54. The molecule has 1 rings (SSSR count). The van der Waals surface area contributed by atoms with Crippen molar-refractivity contribution >= 4 is 56.8 Å². The molecule has 45 heavy (non-hydrogen) atoms. The Labute approximate surface area is 274 Å². The van der Waals surface area contributed by atoms with Gasteiger partial charge in [0, 0.05) is 5.38 Å². The molecule has 1 aromatic rings. The Morgan fingerprint density at radius 2 is 1.27 bits per heavy atom. The average molecular weight is 690 g/mol. The highest BCUT2D eigenvalue weighted by molar-refractivity contribution is 7.14. The quantitative estimate of drug-likeness (QED) is 0.0980. The number of carboxylic acid groups (broad SMARTS) is 1. The number of rotatable bonds is 12. The second-order valence-electron chi connectivity index (χ2n) is 16.1. The molecule has 1 aromatic heterocycles. The Bertz CT molecular complexity index is 1200. The summed E-state index contributed by atoms with van der Waals surface area (Å²) in [5.41, 5.74) is -4.28. The number of oxime groups is 1. The summed E-state index contributed by atoms with van der Waals surface area (Å²) in [5.74, 6) is -2.26. The van der Waals surface area contributed by atoms with Crippen molar-refractivity contribution < 1.29 is 42.7 Å². The minimum atomic E-state index is -2.46. The fourth-order valence-electron chi connectivity index (χ4n) is 2.81. The van der Waals surface area contributed by atoms with Gasteiger partial charge in [-0.3, -0.25) is 5.32 Å². The van der Waals surface area contributed by atoms with Crippen molar-refractivity contribution in [3.8, 4) is 0 Å². The molecule has 0 saturated carbocycles. The maximum atomic E-state index is 14.0. The van der Waals surface area contributed by atoms with Gasteiger partial charge < -0.3 is 28.3 Å². The van der Waals surface area contributed by atoms with Crippen LogP contribution in [0.2, 0.25) is 36.3 Å². The Balaban J connectivity index is 3.70. The number of nitrogens with one attached hydrogen (secondary N) is 1. The van der Waals surface area contributed by atoms with Crippen LogP contribution in [0, 0.1) is 0 Å². The van der Waals surface area contributed by atoms with Crippen LogP contribution in [-0.2, 0) is 32.8 Å². The summed E-state index contributed by atoms with van der Waals surface area (Å²) < 4.78 is 24.0. The molecule has 0 bridgehead atoms. The average Bonchev–Trinajstić information content (AvgIpc) is 3.24. The van der Waals surface area contributed by atoms with Crippen LogP contribution in [0.5, 0.6) is 0 Å². The highest BCUT2D eigenvalue weighted by atomic mass is 32.1. The molecule has 15 heteroatoms. The van der Waals surface area contributed by atoms with Crippen molar-refractivity contribution in [3.05, 3.63) is 11.1 Å². The zero-order valence-corrected chi connectivity index (χ0v) is 32.8. The summed E-state index contributed by atoms with van der Waals surface area (Å²) in [4.78, 5) is 48.8. The summed E-state index contributed by atoms with van der Waals surface area (Å²) in [5, 5.41) is 17.6. The molecule has 1 heterocycles. The molecule has 0 spiro atoms. The molecule has 0 aromatic carbocycles. The molecule has 0 aliphatic carbocycles. The third-order valence-electron chi connectivity index (χ3n) is 7.58. The number of carboxylic acids is 1. The second-order valence-corrected chi connectivity index (χ2v) is 26.6. The van der Waals surface area contributed by atoms with Crippen molar-refractivity contribution in [2.45, 2.75) is 136 Å². The van der Waals surface area contributed by atoms with Gasteiger partial charge >= 0.3 is 18.0 Å². The van der Waals surface area contributed by atoms with Gasteiger partial charge in [-0.2, -0.15) is 0 Å². The molecule has 0 aliphatic heterocycles. The van der Waals surface area contributed by atoms with Gasteiger partial charge in [-0.15, -0.1) is 11.3 Å². The van der Waals surface area contributed by atoms with E-state index in [2.05, 4.69) is 57.0 Å². The molecule has 12 nitrogen and oxygen atoms in total. The van der Waals surface area contributed by atoms with Crippen molar-refractivity contribution in [2.75, 3.05) is 18.5 Å². The van der Waals surface area contributed by atoms with Gasteiger partial charge in [0.2, 0.25) is 5.71 Å². The number of nitrogens with zero attached hydrogens (tertiary/aromatic N) is 2. The highest BCUT2D eigenvalue weighted by Gasteiger charge is 2.51. The van der Waals surface area contributed by atoms with Gasteiger partial charge in [-0.1, -0.05) is 46.7 Å². The van der Waals surface area contributed by atoms with Crippen molar-refractivity contribution in [2.24, 2.45) is 5.16 Å². The number of ether oxygens (including phenoxy) is 2. The van der Waals surface area contributed by atoms with Crippen LogP contribution in [0.1, 0.15) is 88.8 Å². The van der Waals surface area contributed by atoms with Gasteiger partial charge in [0.1, 0.15) is 16.9 Å². The minimum Gasteiger partial charge on any atom is -0.476 e. The number of hydrogen-bond acceptors (Lipinski definition) is 11. The molecule has 0 unspecified atom stereocenters. The molecule has 0 fully saturated rings. The van der Waals surface area contributed by atoms with Crippen LogP contribution in [0.25, 0.3) is 0 Å².